The minimum Gasteiger partial charge on any atom is -0.322 e. The summed E-state index contributed by atoms with van der Waals surface area (Å²) in [6, 6.07) is 14.5. The van der Waals surface area contributed by atoms with E-state index in [-0.39, 0.29) is 17.1 Å². The Hall–Kier alpha value is -2.42. The van der Waals surface area contributed by atoms with Crippen molar-refractivity contribution in [3.63, 3.8) is 0 Å². The third-order valence-electron chi connectivity index (χ3n) is 3.54. The van der Waals surface area contributed by atoms with Crippen molar-refractivity contribution in [1.29, 1.82) is 0 Å². The van der Waals surface area contributed by atoms with Crippen LogP contribution < -0.4 is 5.32 Å². The molecule has 1 amide bonds. The highest BCUT2D eigenvalue weighted by molar-refractivity contribution is 6.05. The third kappa shape index (κ3) is 3.82. The average molecular weight is 295 g/mol. The number of nitrogens with one attached hydrogen (secondary N) is 1. The Morgan fingerprint density at radius 2 is 1.55 bits per heavy atom. The Bertz CT molecular complexity index is 694. The van der Waals surface area contributed by atoms with Crippen LogP contribution in [0.1, 0.15) is 54.0 Å². The fourth-order valence-electron chi connectivity index (χ4n) is 2.14. The van der Waals surface area contributed by atoms with Crippen molar-refractivity contribution in [2.75, 3.05) is 5.32 Å². The number of hydrogen-bond donors (Lipinski definition) is 1. The van der Waals surface area contributed by atoms with Gasteiger partial charge in [0.2, 0.25) is 0 Å². The maximum atomic E-state index is 12.3. The van der Waals surface area contributed by atoms with Gasteiger partial charge in [-0.05, 0) is 42.2 Å². The molecule has 0 spiro atoms. The van der Waals surface area contributed by atoms with Crippen LogP contribution in [0.4, 0.5) is 5.69 Å². The van der Waals surface area contributed by atoms with Crippen molar-refractivity contribution < 1.29 is 9.59 Å². The van der Waals surface area contributed by atoms with E-state index in [2.05, 4.69) is 26.1 Å². The van der Waals surface area contributed by atoms with Gasteiger partial charge < -0.3 is 5.32 Å². The predicted molar refractivity (Wildman–Crippen MR) is 89.5 cm³/mol. The summed E-state index contributed by atoms with van der Waals surface area (Å²) in [4.78, 5) is 23.6. The zero-order chi connectivity index (χ0) is 16.3. The van der Waals surface area contributed by atoms with Gasteiger partial charge in [-0.2, -0.15) is 0 Å². The first-order chi connectivity index (χ1) is 10.3. The second kappa shape index (κ2) is 6.14. The van der Waals surface area contributed by atoms with Gasteiger partial charge in [-0.15, -0.1) is 0 Å². The number of carbonyl (C=O) groups is 2. The Kier molecular flexibility index (Phi) is 4.45. The molecule has 0 atom stereocenters. The van der Waals surface area contributed by atoms with Crippen LogP contribution >= 0.6 is 0 Å². The lowest BCUT2D eigenvalue weighted by Crippen LogP contribution is -2.14. The largest absolute Gasteiger partial charge is 0.322 e. The van der Waals surface area contributed by atoms with Crippen LogP contribution in [-0.4, -0.2) is 11.7 Å². The summed E-state index contributed by atoms with van der Waals surface area (Å²) in [5, 5.41) is 2.82. The van der Waals surface area contributed by atoms with E-state index in [1.165, 1.54) is 12.5 Å². The zero-order valence-corrected chi connectivity index (χ0v) is 13.4. The van der Waals surface area contributed by atoms with Crippen molar-refractivity contribution in [3.05, 3.63) is 65.2 Å². The number of rotatable bonds is 3. The number of carbonyl (C=O) groups excluding carboxylic acids is 2. The molecule has 0 bridgehead atoms. The zero-order valence-electron chi connectivity index (χ0n) is 13.4. The standard InChI is InChI=1S/C19H21NO2/c1-13(21)15-6-5-7-17(12-15)20-18(22)14-8-10-16(11-9-14)19(2,3)4/h5-12H,1-4H3,(H,20,22). The molecule has 2 aromatic rings. The fraction of sp³-hybridized carbons (Fsp3) is 0.263. The van der Waals surface area contributed by atoms with Crippen LogP contribution in [0.3, 0.4) is 0 Å². The highest BCUT2D eigenvalue weighted by Gasteiger charge is 2.14. The van der Waals surface area contributed by atoms with Crippen molar-refractivity contribution in [2.24, 2.45) is 0 Å². The molecule has 3 nitrogen and oxygen atoms in total. The molecule has 2 aromatic carbocycles. The normalized spacial score (nSPS) is 11.1. The van der Waals surface area contributed by atoms with Gasteiger partial charge in [-0.1, -0.05) is 45.0 Å². The van der Waals surface area contributed by atoms with Crippen molar-refractivity contribution in [2.45, 2.75) is 33.1 Å². The number of benzene rings is 2. The molecule has 2 rings (SSSR count). The number of Topliss-reactive ketones (excluding diaryl/α,β-unsaturated/α-hetero) is 1. The molecule has 0 fully saturated rings. The minimum absolute atomic E-state index is 0.0226. The summed E-state index contributed by atoms with van der Waals surface area (Å²) in [6.07, 6.45) is 0. The van der Waals surface area contributed by atoms with E-state index in [1.807, 2.05) is 24.3 Å². The number of hydrogen-bond acceptors (Lipinski definition) is 2. The third-order valence-corrected chi connectivity index (χ3v) is 3.54. The summed E-state index contributed by atoms with van der Waals surface area (Å²) < 4.78 is 0. The number of anilines is 1. The van der Waals surface area contributed by atoms with Gasteiger partial charge in [0.05, 0.1) is 0 Å². The molecule has 0 heterocycles. The average Bonchev–Trinajstić information content (AvgIpc) is 2.46. The van der Waals surface area contributed by atoms with Gasteiger partial charge in [0.25, 0.3) is 5.91 Å². The monoisotopic (exact) mass is 295 g/mol. The molecule has 0 radical (unpaired) electrons. The number of amides is 1. The Morgan fingerprint density at radius 3 is 2.09 bits per heavy atom. The molecular formula is C19H21NO2. The highest BCUT2D eigenvalue weighted by Crippen LogP contribution is 2.22. The summed E-state index contributed by atoms with van der Waals surface area (Å²) in [5.41, 5.74) is 3.05. The summed E-state index contributed by atoms with van der Waals surface area (Å²) in [5.74, 6) is -0.202. The van der Waals surface area contributed by atoms with Crippen LogP contribution in [0.2, 0.25) is 0 Å². The topological polar surface area (TPSA) is 46.2 Å². The van der Waals surface area contributed by atoms with Gasteiger partial charge in [0.1, 0.15) is 0 Å². The SMILES string of the molecule is CC(=O)c1cccc(NC(=O)c2ccc(C(C)(C)C)cc2)c1. The molecule has 0 aromatic heterocycles. The lowest BCUT2D eigenvalue weighted by molar-refractivity contribution is 0.101. The molecule has 0 saturated carbocycles. The van der Waals surface area contributed by atoms with Gasteiger partial charge in [0.15, 0.2) is 5.78 Å². The molecule has 3 heteroatoms. The molecule has 1 N–H and O–H groups in total. The minimum atomic E-state index is -0.179. The van der Waals surface area contributed by atoms with Crippen LogP contribution in [-0.2, 0) is 5.41 Å². The molecule has 0 aliphatic carbocycles. The second-order valence-corrected chi connectivity index (χ2v) is 6.42. The first-order valence-corrected chi connectivity index (χ1v) is 7.30. The van der Waals surface area contributed by atoms with Crippen LogP contribution in [0.15, 0.2) is 48.5 Å². The van der Waals surface area contributed by atoms with Gasteiger partial charge in [-0.3, -0.25) is 9.59 Å². The van der Waals surface area contributed by atoms with Crippen molar-refractivity contribution in [1.82, 2.24) is 0 Å². The van der Waals surface area contributed by atoms with Gasteiger partial charge in [0, 0.05) is 16.8 Å². The van der Waals surface area contributed by atoms with E-state index in [9.17, 15) is 9.59 Å². The smallest absolute Gasteiger partial charge is 0.255 e. The van der Waals surface area contributed by atoms with E-state index in [1.54, 1.807) is 24.3 Å². The van der Waals surface area contributed by atoms with Crippen LogP contribution in [0.5, 0.6) is 0 Å². The van der Waals surface area contributed by atoms with Crippen LogP contribution in [0, 0.1) is 0 Å². The van der Waals surface area contributed by atoms with E-state index in [0.29, 0.717) is 16.8 Å². The lowest BCUT2D eigenvalue weighted by atomic mass is 9.87. The maximum Gasteiger partial charge on any atom is 0.255 e. The van der Waals surface area contributed by atoms with Crippen molar-refractivity contribution in [3.8, 4) is 0 Å². The van der Waals surface area contributed by atoms with E-state index < -0.39 is 0 Å². The lowest BCUT2D eigenvalue weighted by Gasteiger charge is -2.19. The first-order valence-electron chi connectivity index (χ1n) is 7.30. The molecule has 0 unspecified atom stereocenters. The molecule has 0 aliphatic rings. The summed E-state index contributed by atoms with van der Waals surface area (Å²) in [6.45, 7) is 7.91. The Labute approximate surface area is 131 Å². The molecule has 22 heavy (non-hydrogen) atoms. The summed E-state index contributed by atoms with van der Waals surface area (Å²) in [7, 11) is 0. The molecule has 0 saturated heterocycles. The van der Waals surface area contributed by atoms with E-state index >= 15 is 0 Å². The van der Waals surface area contributed by atoms with Gasteiger partial charge in [-0.25, -0.2) is 0 Å². The van der Waals surface area contributed by atoms with Crippen molar-refractivity contribution >= 4 is 17.4 Å². The molecular weight excluding hydrogens is 274 g/mol. The van der Waals surface area contributed by atoms with E-state index in [4.69, 9.17) is 0 Å². The Morgan fingerprint density at radius 1 is 0.909 bits per heavy atom. The summed E-state index contributed by atoms with van der Waals surface area (Å²) >= 11 is 0. The van der Waals surface area contributed by atoms with Crippen LogP contribution in [0.25, 0.3) is 0 Å². The quantitative estimate of drug-likeness (QED) is 0.851. The highest BCUT2D eigenvalue weighted by atomic mass is 16.1. The predicted octanol–water partition coefficient (Wildman–Crippen LogP) is 4.44. The second-order valence-electron chi connectivity index (χ2n) is 6.42. The maximum absolute atomic E-state index is 12.3. The number of ketones is 1. The molecule has 0 aliphatic heterocycles. The molecule has 114 valence electrons. The fourth-order valence-corrected chi connectivity index (χ4v) is 2.14. The Balaban J connectivity index is 2.15. The van der Waals surface area contributed by atoms with E-state index in [0.717, 1.165) is 0 Å². The van der Waals surface area contributed by atoms with Gasteiger partial charge >= 0.3 is 0 Å². The first kappa shape index (κ1) is 16.0.